The van der Waals surface area contributed by atoms with E-state index >= 15 is 0 Å². The fourth-order valence-corrected chi connectivity index (χ4v) is 5.59. The summed E-state index contributed by atoms with van der Waals surface area (Å²) in [6.45, 7) is 7.17. The van der Waals surface area contributed by atoms with Gasteiger partial charge in [0, 0.05) is 66.2 Å². The fraction of sp³-hybridized carbons (Fsp3) is 0.444. The van der Waals surface area contributed by atoms with Gasteiger partial charge in [0.05, 0.1) is 0 Å². The summed E-state index contributed by atoms with van der Waals surface area (Å²) >= 11 is 6.14. The maximum absolute atomic E-state index is 13.8. The van der Waals surface area contributed by atoms with Crippen LogP contribution >= 0.6 is 11.6 Å². The summed E-state index contributed by atoms with van der Waals surface area (Å²) in [5.41, 5.74) is 1.87. The number of anilines is 1. The quantitative estimate of drug-likeness (QED) is 0.571. The van der Waals surface area contributed by atoms with Gasteiger partial charge in [-0.15, -0.1) is 0 Å². The fourth-order valence-electron chi connectivity index (χ4n) is 5.41. The van der Waals surface area contributed by atoms with Crippen LogP contribution in [0, 0.1) is 0 Å². The SMILES string of the molecule is C[C@H](C(=O)N1CCN(C2CCN(C)CC2)CC1)N(C(=O)c1cc2cc(Cl)ccc2[nH]1)c1ccncc1. The Hall–Kier alpha value is -2.94. The number of carbonyl (C=O) groups is 2. The molecule has 0 spiro atoms. The molecule has 0 aliphatic carbocycles. The van der Waals surface area contributed by atoms with Crippen molar-refractivity contribution in [1.82, 2.24) is 24.7 Å². The molecule has 8 nitrogen and oxygen atoms in total. The molecule has 0 radical (unpaired) electrons. The van der Waals surface area contributed by atoms with Crippen LogP contribution in [0.1, 0.15) is 30.3 Å². The molecule has 1 aromatic carbocycles. The van der Waals surface area contributed by atoms with Gasteiger partial charge in [-0.2, -0.15) is 0 Å². The number of fused-ring (bicyclic) bond motifs is 1. The van der Waals surface area contributed by atoms with Crippen molar-refractivity contribution in [1.29, 1.82) is 0 Å². The van der Waals surface area contributed by atoms with Gasteiger partial charge in [0.25, 0.3) is 5.91 Å². The molecule has 1 atom stereocenters. The summed E-state index contributed by atoms with van der Waals surface area (Å²) in [6, 6.07) is 10.7. The van der Waals surface area contributed by atoms with Crippen LogP contribution in [0.25, 0.3) is 10.9 Å². The predicted octanol–water partition coefficient (Wildman–Crippen LogP) is 3.49. The number of aromatic nitrogens is 2. The van der Waals surface area contributed by atoms with Gasteiger partial charge < -0.3 is 14.8 Å². The van der Waals surface area contributed by atoms with E-state index in [0.717, 1.165) is 37.1 Å². The highest BCUT2D eigenvalue weighted by atomic mass is 35.5. The first-order valence-corrected chi connectivity index (χ1v) is 13.0. The van der Waals surface area contributed by atoms with Crippen LogP contribution in [0.2, 0.25) is 5.02 Å². The Labute approximate surface area is 216 Å². The minimum atomic E-state index is -0.662. The molecule has 2 amide bonds. The minimum Gasteiger partial charge on any atom is -0.351 e. The lowest BCUT2D eigenvalue weighted by Crippen LogP contribution is -2.57. The number of carbonyl (C=O) groups excluding carboxylic acids is 2. The average Bonchev–Trinajstić information content (AvgIpc) is 3.33. The number of hydrogen-bond donors (Lipinski definition) is 1. The van der Waals surface area contributed by atoms with Crippen molar-refractivity contribution in [2.45, 2.75) is 31.8 Å². The smallest absolute Gasteiger partial charge is 0.275 e. The number of hydrogen-bond acceptors (Lipinski definition) is 5. The Kier molecular flexibility index (Phi) is 7.27. The summed E-state index contributed by atoms with van der Waals surface area (Å²) in [7, 11) is 2.18. The highest BCUT2D eigenvalue weighted by Crippen LogP contribution is 2.25. The Balaban J connectivity index is 1.33. The number of halogens is 1. The number of rotatable bonds is 5. The molecule has 190 valence electrons. The lowest BCUT2D eigenvalue weighted by atomic mass is 10.0. The molecule has 3 aromatic rings. The highest BCUT2D eigenvalue weighted by Gasteiger charge is 2.34. The molecule has 0 bridgehead atoms. The largest absolute Gasteiger partial charge is 0.351 e. The lowest BCUT2D eigenvalue weighted by molar-refractivity contribution is -0.134. The van der Waals surface area contributed by atoms with Gasteiger partial charge in [0.2, 0.25) is 5.91 Å². The minimum absolute atomic E-state index is 0.0395. The molecule has 4 heterocycles. The van der Waals surface area contributed by atoms with E-state index in [2.05, 4.69) is 26.8 Å². The van der Waals surface area contributed by atoms with Crippen LogP contribution in [-0.2, 0) is 4.79 Å². The van der Waals surface area contributed by atoms with Crippen LogP contribution in [0.15, 0.2) is 48.8 Å². The molecule has 2 aromatic heterocycles. The monoisotopic (exact) mass is 508 g/mol. The second-order valence-electron chi connectivity index (χ2n) is 9.87. The molecule has 0 unspecified atom stereocenters. The van der Waals surface area contributed by atoms with Crippen molar-refractivity contribution >= 4 is 40.0 Å². The number of piperidine rings is 1. The van der Waals surface area contributed by atoms with Crippen LogP contribution in [0.4, 0.5) is 5.69 Å². The predicted molar refractivity (Wildman–Crippen MR) is 142 cm³/mol. The molecule has 5 rings (SSSR count). The molecule has 2 aliphatic rings. The molecule has 2 saturated heterocycles. The maximum Gasteiger partial charge on any atom is 0.275 e. The highest BCUT2D eigenvalue weighted by molar-refractivity contribution is 6.31. The van der Waals surface area contributed by atoms with E-state index in [9.17, 15) is 9.59 Å². The van der Waals surface area contributed by atoms with Gasteiger partial charge in [0.1, 0.15) is 11.7 Å². The van der Waals surface area contributed by atoms with E-state index < -0.39 is 6.04 Å². The number of benzene rings is 1. The molecule has 36 heavy (non-hydrogen) atoms. The number of amides is 2. The number of likely N-dealkylation sites (tertiary alicyclic amines) is 1. The number of H-pyrrole nitrogens is 1. The van der Waals surface area contributed by atoms with E-state index in [0.29, 0.717) is 35.5 Å². The second-order valence-corrected chi connectivity index (χ2v) is 10.3. The van der Waals surface area contributed by atoms with Crippen molar-refractivity contribution in [3.8, 4) is 0 Å². The van der Waals surface area contributed by atoms with Gasteiger partial charge in [-0.3, -0.25) is 24.4 Å². The van der Waals surface area contributed by atoms with E-state index in [1.807, 2.05) is 24.0 Å². The first-order valence-electron chi connectivity index (χ1n) is 12.6. The molecule has 9 heteroatoms. The average molecular weight is 509 g/mol. The van der Waals surface area contributed by atoms with Gasteiger partial charge >= 0.3 is 0 Å². The zero-order valence-corrected chi connectivity index (χ0v) is 21.6. The molecular weight excluding hydrogens is 476 g/mol. The molecule has 1 N–H and O–H groups in total. The number of pyridine rings is 1. The summed E-state index contributed by atoms with van der Waals surface area (Å²) in [4.78, 5) is 43.1. The van der Waals surface area contributed by atoms with Crippen molar-refractivity contribution in [2.75, 3.05) is 51.2 Å². The van der Waals surface area contributed by atoms with E-state index in [4.69, 9.17) is 11.6 Å². The Morgan fingerprint density at radius 1 is 1.03 bits per heavy atom. The van der Waals surface area contributed by atoms with Gasteiger partial charge in [-0.1, -0.05) is 11.6 Å². The summed E-state index contributed by atoms with van der Waals surface area (Å²) in [6.07, 6.45) is 5.64. The third kappa shape index (κ3) is 5.12. The first kappa shape index (κ1) is 24.7. The second kappa shape index (κ2) is 10.6. The molecule has 2 aliphatic heterocycles. The van der Waals surface area contributed by atoms with Crippen molar-refractivity contribution in [3.05, 3.63) is 59.5 Å². The van der Waals surface area contributed by atoms with Crippen LogP contribution in [0.3, 0.4) is 0 Å². The van der Waals surface area contributed by atoms with Crippen molar-refractivity contribution in [2.24, 2.45) is 0 Å². The Morgan fingerprint density at radius 3 is 2.42 bits per heavy atom. The molecular formula is C27H33ClN6O2. The topological polar surface area (TPSA) is 75.8 Å². The zero-order chi connectivity index (χ0) is 25.2. The first-order chi connectivity index (χ1) is 17.4. The molecule has 2 fully saturated rings. The van der Waals surface area contributed by atoms with Gasteiger partial charge in [0.15, 0.2) is 0 Å². The summed E-state index contributed by atoms with van der Waals surface area (Å²) in [5.74, 6) is -0.304. The van der Waals surface area contributed by atoms with Crippen molar-refractivity contribution < 1.29 is 9.59 Å². The lowest BCUT2D eigenvalue weighted by Gasteiger charge is -2.43. The summed E-state index contributed by atoms with van der Waals surface area (Å²) < 4.78 is 0. The van der Waals surface area contributed by atoms with Crippen molar-refractivity contribution in [3.63, 3.8) is 0 Å². The van der Waals surface area contributed by atoms with Crippen LogP contribution in [-0.4, -0.2) is 94.9 Å². The third-order valence-electron chi connectivity index (χ3n) is 7.55. The number of nitrogens with one attached hydrogen (secondary N) is 1. The van der Waals surface area contributed by atoms with E-state index in [-0.39, 0.29) is 11.8 Å². The number of aromatic amines is 1. The Morgan fingerprint density at radius 2 is 1.72 bits per heavy atom. The maximum atomic E-state index is 13.8. The van der Waals surface area contributed by atoms with E-state index in [1.54, 1.807) is 41.6 Å². The standard InChI is InChI=1S/C27H33ClN6O2/c1-19(26(35)33-15-13-32(14-16-33)22-7-11-31(2)12-8-22)34(23-5-9-29-10-6-23)27(36)25-18-20-17-21(28)3-4-24(20)30-25/h3-6,9-10,17-19,22,30H,7-8,11-16H2,1-2H3/t19-/m1/s1. The zero-order valence-electron chi connectivity index (χ0n) is 20.9. The Bertz CT molecular complexity index is 1220. The summed E-state index contributed by atoms with van der Waals surface area (Å²) in [5, 5.41) is 1.46. The van der Waals surface area contributed by atoms with Gasteiger partial charge in [-0.25, -0.2) is 0 Å². The normalized spacial score (nSPS) is 18.9. The number of nitrogens with zero attached hydrogens (tertiary/aromatic N) is 5. The van der Waals surface area contributed by atoms with Gasteiger partial charge in [-0.05, 0) is 76.3 Å². The van der Waals surface area contributed by atoms with E-state index in [1.165, 1.54) is 12.8 Å². The van der Waals surface area contributed by atoms with Crippen LogP contribution < -0.4 is 4.90 Å². The number of piperazine rings is 1. The molecule has 0 saturated carbocycles. The van der Waals surface area contributed by atoms with Crippen LogP contribution in [0.5, 0.6) is 0 Å². The third-order valence-corrected chi connectivity index (χ3v) is 7.78.